The van der Waals surface area contributed by atoms with Gasteiger partial charge in [0.15, 0.2) is 0 Å². The average molecular weight is 228 g/mol. The molecule has 1 atom stereocenters. The summed E-state index contributed by atoms with van der Waals surface area (Å²) < 4.78 is 26.1. The van der Waals surface area contributed by atoms with Crippen molar-refractivity contribution in [1.29, 1.82) is 0 Å². The zero-order valence-electron chi connectivity index (χ0n) is 9.21. The van der Waals surface area contributed by atoms with E-state index in [1.54, 1.807) is 13.0 Å². The van der Waals surface area contributed by atoms with Crippen molar-refractivity contribution < 1.29 is 18.7 Å². The summed E-state index contributed by atoms with van der Waals surface area (Å²) in [6.07, 6.45) is 0.383. The van der Waals surface area contributed by atoms with Crippen LogP contribution in [0, 0.1) is 0 Å². The lowest BCUT2D eigenvalue weighted by Gasteiger charge is -2.15. The average Bonchev–Trinajstić information content (AvgIpc) is 2.17. The first-order valence-electron chi connectivity index (χ1n) is 5.07. The van der Waals surface area contributed by atoms with Gasteiger partial charge in [0.05, 0.1) is 5.92 Å². The molecule has 0 aliphatic carbocycles. The minimum atomic E-state index is -2.94. The Morgan fingerprint density at radius 2 is 2.12 bits per heavy atom. The molecule has 0 amide bonds. The zero-order valence-corrected chi connectivity index (χ0v) is 9.21. The lowest BCUT2D eigenvalue weighted by Crippen LogP contribution is -2.13. The number of hydrogen-bond donors (Lipinski definition) is 1. The fraction of sp³-hybridized carbons (Fsp3) is 0.417. The molecule has 0 aromatic heterocycles. The van der Waals surface area contributed by atoms with E-state index in [1.807, 2.05) is 0 Å². The molecule has 0 bridgehead atoms. The van der Waals surface area contributed by atoms with Gasteiger partial charge in [0.1, 0.15) is 0 Å². The molecule has 0 saturated heterocycles. The normalized spacial score (nSPS) is 13.5. The highest BCUT2D eigenvalue weighted by molar-refractivity contribution is 5.76. The van der Waals surface area contributed by atoms with E-state index in [9.17, 15) is 13.6 Å². The van der Waals surface area contributed by atoms with Crippen LogP contribution in [0.2, 0.25) is 0 Å². The number of carboxylic acid groups (broad SMARTS) is 1. The Morgan fingerprint density at radius 3 is 2.56 bits per heavy atom. The first-order chi connectivity index (χ1) is 7.36. The first kappa shape index (κ1) is 12.6. The van der Waals surface area contributed by atoms with Crippen LogP contribution in [0.1, 0.15) is 37.3 Å². The van der Waals surface area contributed by atoms with Gasteiger partial charge in [0, 0.05) is 12.5 Å². The van der Waals surface area contributed by atoms with Crippen LogP contribution in [-0.4, -0.2) is 11.1 Å². The Hall–Kier alpha value is -1.45. The van der Waals surface area contributed by atoms with Crippen LogP contribution in [0.5, 0.6) is 0 Å². The molecule has 2 nitrogen and oxygen atoms in total. The largest absolute Gasteiger partial charge is 0.481 e. The van der Waals surface area contributed by atoms with Gasteiger partial charge in [-0.25, -0.2) is 8.78 Å². The minimum absolute atomic E-state index is 0.148. The van der Waals surface area contributed by atoms with Gasteiger partial charge in [0.25, 0.3) is 5.92 Å². The van der Waals surface area contributed by atoms with E-state index in [1.165, 1.54) is 18.2 Å². The van der Waals surface area contributed by atoms with Gasteiger partial charge in [-0.05, 0) is 18.1 Å². The number of hydrogen-bond acceptors (Lipinski definition) is 1. The predicted molar refractivity (Wildman–Crippen MR) is 56.7 cm³/mol. The summed E-state index contributed by atoms with van der Waals surface area (Å²) in [4.78, 5) is 10.9. The topological polar surface area (TPSA) is 37.3 Å². The van der Waals surface area contributed by atoms with E-state index in [0.29, 0.717) is 12.0 Å². The highest BCUT2D eigenvalue weighted by Crippen LogP contribution is 2.30. The maximum Gasteiger partial charge on any atom is 0.310 e. The molecule has 0 fully saturated rings. The van der Waals surface area contributed by atoms with Crippen LogP contribution >= 0.6 is 0 Å². The lowest BCUT2D eigenvalue weighted by atomic mass is 9.94. The Labute approximate surface area is 92.9 Å². The quantitative estimate of drug-likeness (QED) is 0.857. The molecule has 1 rings (SSSR count). The molecule has 1 aromatic carbocycles. The van der Waals surface area contributed by atoms with Crippen molar-refractivity contribution in [2.24, 2.45) is 0 Å². The third-order valence-electron chi connectivity index (χ3n) is 2.50. The van der Waals surface area contributed by atoms with Crippen LogP contribution in [0.25, 0.3) is 0 Å². The van der Waals surface area contributed by atoms with Crippen molar-refractivity contribution in [3.05, 3.63) is 35.4 Å². The molecule has 0 saturated carbocycles. The second-order valence-corrected chi connectivity index (χ2v) is 3.81. The van der Waals surface area contributed by atoms with Crippen LogP contribution in [0.4, 0.5) is 8.78 Å². The van der Waals surface area contributed by atoms with Crippen molar-refractivity contribution in [3.63, 3.8) is 0 Å². The number of rotatable bonds is 4. The first-order valence-corrected chi connectivity index (χ1v) is 5.07. The number of carbonyl (C=O) groups is 1. The molecule has 0 heterocycles. The van der Waals surface area contributed by atoms with Crippen molar-refractivity contribution in [2.75, 3.05) is 0 Å². The standard InChI is InChI=1S/C12H14F2O2/c1-3-10(11(15)16)8-5-4-6-9(7-8)12(2,13)14/h4-7,10H,3H2,1-2H3,(H,15,16). The maximum atomic E-state index is 13.1. The maximum absolute atomic E-state index is 13.1. The summed E-state index contributed by atoms with van der Waals surface area (Å²) in [5, 5.41) is 8.93. The van der Waals surface area contributed by atoms with Gasteiger partial charge in [-0.15, -0.1) is 0 Å². The van der Waals surface area contributed by atoms with Gasteiger partial charge >= 0.3 is 5.97 Å². The second kappa shape index (κ2) is 4.60. The number of alkyl halides is 2. The van der Waals surface area contributed by atoms with E-state index in [4.69, 9.17) is 5.11 Å². The molecular weight excluding hydrogens is 214 g/mol. The molecule has 4 heteroatoms. The molecule has 88 valence electrons. The summed E-state index contributed by atoms with van der Waals surface area (Å²) in [5.74, 6) is -4.64. The molecular formula is C12H14F2O2. The molecule has 0 aliphatic rings. The smallest absolute Gasteiger partial charge is 0.310 e. The van der Waals surface area contributed by atoms with Gasteiger partial charge in [0.2, 0.25) is 0 Å². The van der Waals surface area contributed by atoms with E-state index in [0.717, 1.165) is 6.92 Å². The number of carboxylic acids is 1. The summed E-state index contributed by atoms with van der Waals surface area (Å²) >= 11 is 0. The van der Waals surface area contributed by atoms with E-state index < -0.39 is 17.8 Å². The van der Waals surface area contributed by atoms with Crippen LogP contribution in [0.3, 0.4) is 0 Å². The molecule has 1 unspecified atom stereocenters. The highest BCUT2D eigenvalue weighted by atomic mass is 19.3. The SMILES string of the molecule is CCC(C(=O)O)c1cccc(C(C)(F)F)c1. The van der Waals surface area contributed by atoms with Crippen LogP contribution in [0.15, 0.2) is 24.3 Å². The van der Waals surface area contributed by atoms with Crippen LogP contribution < -0.4 is 0 Å². The number of benzene rings is 1. The van der Waals surface area contributed by atoms with Crippen molar-refractivity contribution in [3.8, 4) is 0 Å². The fourth-order valence-corrected chi connectivity index (χ4v) is 1.58. The van der Waals surface area contributed by atoms with Gasteiger partial charge in [-0.1, -0.05) is 25.1 Å². The Kier molecular flexibility index (Phi) is 3.62. The summed E-state index contributed by atoms with van der Waals surface area (Å²) in [5.41, 5.74) is 0.277. The highest BCUT2D eigenvalue weighted by Gasteiger charge is 2.26. The van der Waals surface area contributed by atoms with Gasteiger partial charge < -0.3 is 5.11 Å². The summed E-state index contributed by atoms with van der Waals surface area (Å²) in [6, 6.07) is 5.60. The van der Waals surface area contributed by atoms with Gasteiger partial charge in [-0.2, -0.15) is 0 Å². The molecule has 16 heavy (non-hydrogen) atoms. The van der Waals surface area contributed by atoms with E-state index >= 15 is 0 Å². The Bertz CT molecular complexity index is 383. The van der Waals surface area contributed by atoms with Crippen LogP contribution in [-0.2, 0) is 10.7 Å². The second-order valence-electron chi connectivity index (χ2n) is 3.81. The third-order valence-corrected chi connectivity index (χ3v) is 2.50. The molecule has 0 aliphatic heterocycles. The fourth-order valence-electron chi connectivity index (χ4n) is 1.58. The molecule has 1 aromatic rings. The monoisotopic (exact) mass is 228 g/mol. The third kappa shape index (κ3) is 2.78. The van der Waals surface area contributed by atoms with E-state index in [-0.39, 0.29) is 5.56 Å². The predicted octanol–water partition coefficient (Wildman–Crippen LogP) is 3.38. The zero-order chi connectivity index (χ0) is 12.3. The van der Waals surface area contributed by atoms with Crippen molar-refractivity contribution in [2.45, 2.75) is 32.1 Å². The van der Waals surface area contributed by atoms with E-state index in [2.05, 4.69) is 0 Å². The van der Waals surface area contributed by atoms with Crippen molar-refractivity contribution >= 4 is 5.97 Å². The lowest BCUT2D eigenvalue weighted by molar-refractivity contribution is -0.138. The Morgan fingerprint density at radius 1 is 1.50 bits per heavy atom. The van der Waals surface area contributed by atoms with Gasteiger partial charge in [-0.3, -0.25) is 4.79 Å². The number of halogens is 2. The summed E-state index contributed by atoms with van der Waals surface area (Å²) in [7, 11) is 0. The Balaban J connectivity index is 3.11. The molecule has 0 radical (unpaired) electrons. The molecule has 1 N–H and O–H groups in total. The number of aliphatic carboxylic acids is 1. The summed E-state index contributed by atoms with van der Waals surface area (Å²) in [6.45, 7) is 2.52. The molecule has 0 spiro atoms. The minimum Gasteiger partial charge on any atom is -0.481 e. The van der Waals surface area contributed by atoms with Crippen molar-refractivity contribution in [1.82, 2.24) is 0 Å².